The van der Waals surface area contributed by atoms with Gasteiger partial charge in [0.25, 0.3) is 0 Å². The predicted molar refractivity (Wildman–Crippen MR) is 72.1 cm³/mol. The fourth-order valence-electron chi connectivity index (χ4n) is 1.73. The first-order valence-corrected chi connectivity index (χ1v) is 5.94. The van der Waals surface area contributed by atoms with Crippen LogP contribution in [0.5, 0.6) is 0 Å². The molecule has 0 amide bonds. The van der Waals surface area contributed by atoms with Crippen LogP contribution in [0.25, 0.3) is 0 Å². The van der Waals surface area contributed by atoms with E-state index in [1.165, 1.54) is 0 Å². The predicted octanol–water partition coefficient (Wildman–Crippen LogP) is 1.79. The van der Waals surface area contributed by atoms with Crippen molar-refractivity contribution in [3.8, 4) is 0 Å². The van der Waals surface area contributed by atoms with Gasteiger partial charge in [-0.1, -0.05) is 6.07 Å². The second-order valence-electron chi connectivity index (χ2n) is 4.08. The standard InChI is InChI=1S/C13H17N5/c1-3-18(13-8-15-12(14)7-16-13)9-11-6-4-5-10(2)17-11/h4-8H,3,9H2,1-2H3,(H2,14,15). The van der Waals surface area contributed by atoms with Gasteiger partial charge >= 0.3 is 0 Å². The molecule has 0 aliphatic carbocycles. The Morgan fingerprint density at radius 1 is 1.22 bits per heavy atom. The third-order valence-electron chi connectivity index (χ3n) is 2.66. The van der Waals surface area contributed by atoms with Crippen LogP contribution in [0.2, 0.25) is 0 Å². The van der Waals surface area contributed by atoms with E-state index >= 15 is 0 Å². The lowest BCUT2D eigenvalue weighted by molar-refractivity contribution is 0.787. The van der Waals surface area contributed by atoms with E-state index in [9.17, 15) is 0 Å². The molecule has 0 saturated heterocycles. The minimum absolute atomic E-state index is 0.434. The number of nitrogens with zero attached hydrogens (tertiary/aromatic N) is 4. The van der Waals surface area contributed by atoms with E-state index in [4.69, 9.17) is 5.73 Å². The molecule has 94 valence electrons. The van der Waals surface area contributed by atoms with Crippen molar-refractivity contribution in [1.82, 2.24) is 15.0 Å². The maximum absolute atomic E-state index is 5.54. The molecule has 5 nitrogen and oxygen atoms in total. The lowest BCUT2D eigenvalue weighted by Crippen LogP contribution is -2.24. The van der Waals surface area contributed by atoms with Gasteiger partial charge in [0.15, 0.2) is 0 Å². The SMILES string of the molecule is CCN(Cc1cccc(C)n1)c1cnc(N)cn1. The minimum atomic E-state index is 0.434. The molecule has 18 heavy (non-hydrogen) atoms. The third-order valence-corrected chi connectivity index (χ3v) is 2.66. The molecular weight excluding hydrogens is 226 g/mol. The van der Waals surface area contributed by atoms with E-state index in [1.54, 1.807) is 12.4 Å². The Hall–Kier alpha value is -2.17. The molecule has 0 aliphatic heterocycles. The molecule has 0 saturated carbocycles. The van der Waals surface area contributed by atoms with Crippen LogP contribution in [0.3, 0.4) is 0 Å². The number of anilines is 2. The summed E-state index contributed by atoms with van der Waals surface area (Å²) in [6.45, 7) is 5.63. The summed E-state index contributed by atoms with van der Waals surface area (Å²) in [6.07, 6.45) is 3.26. The summed E-state index contributed by atoms with van der Waals surface area (Å²) in [7, 11) is 0. The van der Waals surface area contributed by atoms with Crippen LogP contribution in [0.4, 0.5) is 11.6 Å². The minimum Gasteiger partial charge on any atom is -0.382 e. The van der Waals surface area contributed by atoms with E-state index in [0.717, 1.165) is 30.3 Å². The zero-order valence-electron chi connectivity index (χ0n) is 10.7. The highest BCUT2D eigenvalue weighted by atomic mass is 15.2. The Labute approximate surface area is 107 Å². The number of hydrogen-bond acceptors (Lipinski definition) is 5. The van der Waals surface area contributed by atoms with Gasteiger partial charge in [0.05, 0.1) is 24.6 Å². The van der Waals surface area contributed by atoms with Crippen molar-refractivity contribution < 1.29 is 0 Å². The first-order chi connectivity index (χ1) is 8.69. The molecule has 0 aromatic carbocycles. The Morgan fingerprint density at radius 3 is 2.67 bits per heavy atom. The molecular formula is C13H17N5. The van der Waals surface area contributed by atoms with Crippen LogP contribution >= 0.6 is 0 Å². The lowest BCUT2D eigenvalue weighted by Gasteiger charge is -2.21. The Morgan fingerprint density at radius 2 is 2.06 bits per heavy atom. The average molecular weight is 243 g/mol. The van der Waals surface area contributed by atoms with Crippen LogP contribution in [-0.4, -0.2) is 21.5 Å². The van der Waals surface area contributed by atoms with Gasteiger partial charge < -0.3 is 10.6 Å². The highest BCUT2D eigenvalue weighted by Crippen LogP contribution is 2.12. The summed E-state index contributed by atoms with van der Waals surface area (Å²) in [5, 5.41) is 0. The first-order valence-electron chi connectivity index (χ1n) is 5.94. The smallest absolute Gasteiger partial charge is 0.147 e. The molecule has 0 radical (unpaired) electrons. The van der Waals surface area contributed by atoms with Crippen LogP contribution in [0.1, 0.15) is 18.3 Å². The van der Waals surface area contributed by atoms with Crippen molar-refractivity contribution in [3.05, 3.63) is 42.0 Å². The maximum atomic E-state index is 5.54. The zero-order chi connectivity index (χ0) is 13.0. The van der Waals surface area contributed by atoms with Gasteiger partial charge in [0.2, 0.25) is 0 Å². The van der Waals surface area contributed by atoms with Gasteiger partial charge in [-0.3, -0.25) is 4.98 Å². The molecule has 0 aliphatic rings. The molecule has 2 aromatic rings. The van der Waals surface area contributed by atoms with Gasteiger partial charge in [0, 0.05) is 12.2 Å². The maximum Gasteiger partial charge on any atom is 0.147 e. The number of rotatable bonds is 4. The second-order valence-corrected chi connectivity index (χ2v) is 4.08. The zero-order valence-corrected chi connectivity index (χ0v) is 10.7. The van der Waals surface area contributed by atoms with Gasteiger partial charge in [-0.25, -0.2) is 9.97 Å². The normalized spacial score (nSPS) is 10.3. The lowest BCUT2D eigenvalue weighted by atomic mass is 10.3. The van der Waals surface area contributed by atoms with Crippen molar-refractivity contribution in [2.75, 3.05) is 17.2 Å². The van der Waals surface area contributed by atoms with Crippen molar-refractivity contribution >= 4 is 11.6 Å². The number of hydrogen-bond donors (Lipinski definition) is 1. The molecule has 5 heteroatoms. The summed E-state index contributed by atoms with van der Waals surface area (Å²) in [5.41, 5.74) is 7.58. The molecule has 0 fully saturated rings. The van der Waals surface area contributed by atoms with Gasteiger partial charge in [-0.05, 0) is 26.0 Å². The van der Waals surface area contributed by atoms with E-state index < -0.39 is 0 Å². The van der Waals surface area contributed by atoms with Crippen LogP contribution in [0.15, 0.2) is 30.6 Å². The number of nitrogens with two attached hydrogens (primary N) is 1. The second kappa shape index (κ2) is 5.44. The van der Waals surface area contributed by atoms with E-state index in [0.29, 0.717) is 5.82 Å². The van der Waals surface area contributed by atoms with Crippen LogP contribution in [0, 0.1) is 6.92 Å². The summed E-state index contributed by atoms with van der Waals surface area (Å²) in [4.78, 5) is 14.9. The highest BCUT2D eigenvalue weighted by Gasteiger charge is 2.07. The van der Waals surface area contributed by atoms with Crippen molar-refractivity contribution in [3.63, 3.8) is 0 Å². The summed E-state index contributed by atoms with van der Waals surface area (Å²) in [6, 6.07) is 6.02. The van der Waals surface area contributed by atoms with Crippen molar-refractivity contribution in [1.29, 1.82) is 0 Å². The Kier molecular flexibility index (Phi) is 3.72. The molecule has 2 heterocycles. The van der Waals surface area contributed by atoms with E-state index in [1.807, 2.05) is 25.1 Å². The van der Waals surface area contributed by atoms with Gasteiger partial charge in [-0.15, -0.1) is 0 Å². The summed E-state index contributed by atoms with van der Waals surface area (Å²) >= 11 is 0. The summed E-state index contributed by atoms with van der Waals surface area (Å²) < 4.78 is 0. The fourth-order valence-corrected chi connectivity index (χ4v) is 1.73. The van der Waals surface area contributed by atoms with Crippen LogP contribution < -0.4 is 10.6 Å². The molecule has 0 atom stereocenters. The number of nitrogen functional groups attached to an aromatic ring is 1. The fraction of sp³-hybridized carbons (Fsp3) is 0.308. The van der Waals surface area contributed by atoms with E-state index in [2.05, 4.69) is 26.8 Å². The molecule has 2 rings (SSSR count). The first kappa shape index (κ1) is 12.3. The number of pyridine rings is 1. The third kappa shape index (κ3) is 2.94. The van der Waals surface area contributed by atoms with Crippen molar-refractivity contribution in [2.45, 2.75) is 20.4 Å². The number of aryl methyl sites for hydroxylation is 1. The average Bonchev–Trinajstić information content (AvgIpc) is 2.37. The van der Waals surface area contributed by atoms with Crippen LogP contribution in [-0.2, 0) is 6.54 Å². The quantitative estimate of drug-likeness (QED) is 0.886. The van der Waals surface area contributed by atoms with Gasteiger partial charge in [0.1, 0.15) is 11.6 Å². The van der Waals surface area contributed by atoms with E-state index in [-0.39, 0.29) is 0 Å². The molecule has 0 unspecified atom stereocenters. The Balaban J connectivity index is 2.17. The summed E-state index contributed by atoms with van der Waals surface area (Å²) in [5.74, 6) is 1.25. The largest absolute Gasteiger partial charge is 0.382 e. The molecule has 0 bridgehead atoms. The topological polar surface area (TPSA) is 67.9 Å². The van der Waals surface area contributed by atoms with Gasteiger partial charge in [-0.2, -0.15) is 0 Å². The highest BCUT2D eigenvalue weighted by molar-refractivity contribution is 5.39. The molecule has 2 N–H and O–H groups in total. The van der Waals surface area contributed by atoms with Crippen molar-refractivity contribution in [2.24, 2.45) is 0 Å². The molecule has 2 aromatic heterocycles. The number of aromatic nitrogens is 3. The molecule has 0 spiro atoms. The Bertz CT molecular complexity index is 509. The monoisotopic (exact) mass is 243 g/mol.